The van der Waals surface area contributed by atoms with Crippen molar-refractivity contribution < 1.29 is 14.7 Å². The highest BCUT2D eigenvalue weighted by Crippen LogP contribution is 2.07. The molecule has 0 fully saturated rings. The lowest BCUT2D eigenvalue weighted by Crippen LogP contribution is -2.46. The summed E-state index contributed by atoms with van der Waals surface area (Å²) in [5, 5.41) is 11.7. The van der Waals surface area contributed by atoms with Crippen LogP contribution >= 0.6 is 0 Å². The largest absolute Gasteiger partial charge is 0.480 e. The highest BCUT2D eigenvalue weighted by molar-refractivity contribution is 5.85. The molecule has 0 aliphatic heterocycles. The molecule has 0 saturated heterocycles. The van der Waals surface area contributed by atoms with Crippen molar-refractivity contribution in [1.29, 1.82) is 0 Å². The summed E-state index contributed by atoms with van der Waals surface area (Å²) >= 11 is 0. The molecule has 5 heteroatoms. The summed E-state index contributed by atoms with van der Waals surface area (Å²) in [6.45, 7) is 3.42. The fraction of sp³-hybridized carbons (Fsp3) is 0.467. The molecule has 0 aromatic heterocycles. The number of amides is 1. The molecule has 0 bridgehead atoms. The molecule has 20 heavy (non-hydrogen) atoms. The lowest BCUT2D eigenvalue weighted by Gasteiger charge is -2.19. The number of aryl methyl sites for hydroxylation is 1. The Bertz CT molecular complexity index is 446. The number of benzene rings is 1. The summed E-state index contributed by atoms with van der Waals surface area (Å²) in [5.74, 6) is -1.75. The van der Waals surface area contributed by atoms with Gasteiger partial charge >= 0.3 is 5.97 Å². The average molecular weight is 278 g/mol. The number of hydrogen-bond donors (Lipinski definition) is 3. The Morgan fingerprint density at radius 1 is 1.25 bits per heavy atom. The van der Waals surface area contributed by atoms with Crippen LogP contribution in [0.2, 0.25) is 0 Å². The van der Waals surface area contributed by atoms with Gasteiger partial charge in [0.15, 0.2) is 0 Å². The summed E-state index contributed by atoms with van der Waals surface area (Å²) in [5.41, 5.74) is 6.69. The zero-order chi connectivity index (χ0) is 15.1. The maximum Gasteiger partial charge on any atom is 0.326 e. The number of nitrogens with two attached hydrogens (primary N) is 1. The van der Waals surface area contributed by atoms with Crippen LogP contribution in [-0.2, 0) is 16.0 Å². The standard InChI is InChI=1S/C15H22N2O3/c1-10(11(2)16)14(18)17-13(15(19)20)9-8-12-6-4-3-5-7-12/h3-7,10-11,13H,8-9,16H2,1-2H3,(H,17,18)(H,19,20)/t10?,11?,13-/m0/s1. The van der Waals surface area contributed by atoms with Gasteiger partial charge in [-0.25, -0.2) is 4.79 Å². The van der Waals surface area contributed by atoms with Gasteiger partial charge in [0.25, 0.3) is 0 Å². The molecule has 1 aromatic carbocycles. The van der Waals surface area contributed by atoms with Crippen molar-refractivity contribution in [3.05, 3.63) is 35.9 Å². The SMILES string of the molecule is CC(N)C(C)C(=O)N[C@@H](CCc1ccccc1)C(=O)O. The van der Waals surface area contributed by atoms with Crippen LogP contribution in [0, 0.1) is 5.92 Å². The van der Waals surface area contributed by atoms with Crippen LogP contribution in [0.3, 0.4) is 0 Å². The molecule has 110 valence electrons. The second kappa shape index (κ2) is 7.65. The van der Waals surface area contributed by atoms with Crippen molar-refractivity contribution in [2.24, 2.45) is 11.7 Å². The van der Waals surface area contributed by atoms with Gasteiger partial charge in [0, 0.05) is 12.0 Å². The number of carboxylic acid groups (broad SMARTS) is 1. The van der Waals surface area contributed by atoms with Gasteiger partial charge < -0.3 is 16.2 Å². The molecule has 4 N–H and O–H groups in total. The van der Waals surface area contributed by atoms with Crippen molar-refractivity contribution in [2.45, 2.75) is 38.8 Å². The van der Waals surface area contributed by atoms with Crippen molar-refractivity contribution in [1.82, 2.24) is 5.32 Å². The van der Waals surface area contributed by atoms with E-state index in [9.17, 15) is 14.7 Å². The zero-order valence-corrected chi connectivity index (χ0v) is 11.9. The molecule has 0 aliphatic rings. The van der Waals surface area contributed by atoms with E-state index in [0.717, 1.165) is 5.56 Å². The third-order valence-corrected chi connectivity index (χ3v) is 3.38. The van der Waals surface area contributed by atoms with Crippen molar-refractivity contribution in [3.8, 4) is 0 Å². The number of nitrogens with one attached hydrogen (secondary N) is 1. The van der Waals surface area contributed by atoms with Gasteiger partial charge in [0.1, 0.15) is 6.04 Å². The van der Waals surface area contributed by atoms with Gasteiger partial charge in [0.2, 0.25) is 5.91 Å². The van der Waals surface area contributed by atoms with E-state index < -0.39 is 17.9 Å². The van der Waals surface area contributed by atoms with E-state index in [1.165, 1.54) is 0 Å². The Morgan fingerprint density at radius 2 is 1.85 bits per heavy atom. The fourth-order valence-electron chi connectivity index (χ4n) is 1.76. The molecule has 5 nitrogen and oxygen atoms in total. The highest BCUT2D eigenvalue weighted by Gasteiger charge is 2.24. The predicted octanol–water partition coefficient (Wildman–Crippen LogP) is 1.17. The van der Waals surface area contributed by atoms with Crippen LogP contribution in [-0.4, -0.2) is 29.1 Å². The normalized spacial score (nSPS) is 15.2. The first kappa shape index (κ1) is 16.2. The average Bonchev–Trinajstić information content (AvgIpc) is 2.42. The molecule has 1 aromatic rings. The minimum atomic E-state index is -1.02. The summed E-state index contributed by atoms with van der Waals surface area (Å²) in [7, 11) is 0. The Labute approximate surface area is 119 Å². The fourth-order valence-corrected chi connectivity index (χ4v) is 1.76. The maximum atomic E-state index is 11.9. The molecule has 0 aliphatic carbocycles. The van der Waals surface area contributed by atoms with E-state index in [4.69, 9.17) is 5.73 Å². The minimum absolute atomic E-state index is 0.307. The molecule has 0 spiro atoms. The van der Waals surface area contributed by atoms with E-state index in [2.05, 4.69) is 5.32 Å². The third-order valence-electron chi connectivity index (χ3n) is 3.38. The minimum Gasteiger partial charge on any atom is -0.480 e. The molecule has 0 radical (unpaired) electrons. The molecular weight excluding hydrogens is 256 g/mol. The van der Waals surface area contributed by atoms with Crippen LogP contribution < -0.4 is 11.1 Å². The van der Waals surface area contributed by atoms with E-state index in [1.807, 2.05) is 30.3 Å². The van der Waals surface area contributed by atoms with Gasteiger partial charge in [-0.2, -0.15) is 0 Å². The lowest BCUT2D eigenvalue weighted by molar-refractivity contribution is -0.142. The quantitative estimate of drug-likeness (QED) is 0.698. The first-order chi connectivity index (χ1) is 9.41. The summed E-state index contributed by atoms with van der Waals surface area (Å²) in [4.78, 5) is 23.1. The van der Waals surface area contributed by atoms with Crippen LogP contribution in [0.1, 0.15) is 25.8 Å². The number of hydrogen-bond acceptors (Lipinski definition) is 3. The number of aliphatic carboxylic acids is 1. The number of rotatable bonds is 7. The molecule has 0 saturated carbocycles. The molecular formula is C15H22N2O3. The van der Waals surface area contributed by atoms with Crippen molar-refractivity contribution in [3.63, 3.8) is 0 Å². The molecule has 1 rings (SSSR count). The second-order valence-corrected chi connectivity index (χ2v) is 5.07. The number of carbonyl (C=O) groups excluding carboxylic acids is 1. The summed E-state index contributed by atoms with van der Waals surface area (Å²) < 4.78 is 0. The Hall–Kier alpha value is -1.88. The van der Waals surface area contributed by atoms with Gasteiger partial charge in [0.05, 0.1) is 0 Å². The summed E-state index contributed by atoms with van der Waals surface area (Å²) in [6.07, 6.45) is 0.960. The van der Waals surface area contributed by atoms with Crippen LogP contribution in [0.15, 0.2) is 30.3 Å². The zero-order valence-electron chi connectivity index (χ0n) is 11.9. The maximum absolute atomic E-state index is 11.9. The second-order valence-electron chi connectivity index (χ2n) is 5.07. The topological polar surface area (TPSA) is 92.4 Å². The predicted molar refractivity (Wildman–Crippen MR) is 77.1 cm³/mol. The first-order valence-electron chi connectivity index (χ1n) is 6.74. The molecule has 1 amide bonds. The highest BCUT2D eigenvalue weighted by atomic mass is 16.4. The van der Waals surface area contributed by atoms with Gasteiger partial charge in [-0.3, -0.25) is 4.79 Å². The Morgan fingerprint density at radius 3 is 2.35 bits per heavy atom. The van der Waals surface area contributed by atoms with Crippen molar-refractivity contribution >= 4 is 11.9 Å². The Balaban J connectivity index is 2.57. The number of carbonyl (C=O) groups is 2. The van der Waals surface area contributed by atoms with Gasteiger partial charge in [-0.05, 0) is 25.3 Å². The van der Waals surface area contributed by atoms with Crippen LogP contribution in [0.25, 0.3) is 0 Å². The molecule has 3 atom stereocenters. The van der Waals surface area contributed by atoms with E-state index >= 15 is 0 Å². The third kappa shape index (κ3) is 5.01. The van der Waals surface area contributed by atoms with E-state index in [0.29, 0.717) is 12.8 Å². The van der Waals surface area contributed by atoms with Gasteiger partial charge in [-0.15, -0.1) is 0 Å². The molecule has 2 unspecified atom stereocenters. The summed E-state index contributed by atoms with van der Waals surface area (Å²) in [6, 6.07) is 8.40. The Kier molecular flexibility index (Phi) is 6.18. The van der Waals surface area contributed by atoms with Gasteiger partial charge in [-0.1, -0.05) is 37.3 Å². The monoisotopic (exact) mass is 278 g/mol. The van der Waals surface area contributed by atoms with E-state index in [1.54, 1.807) is 13.8 Å². The molecule has 0 heterocycles. The van der Waals surface area contributed by atoms with Crippen molar-refractivity contribution in [2.75, 3.05) is 0 Å². The smallest absolute Gasteiger partial charge is 0.326 e. The lowest BCUT2D eigenvalue weighted by atomic mass is 10.0. The van der Waals surface area contributed by atoms with E-state index in [-0.39, 0.29) is 11.9 Å². The van der Waals surface area contributed by atoms with Crippen LogP contribution in [0.4, 0.5) is 0 Å². The number of carboxylic acids is 1. The van der Waals surface area contributed by atoms with Crippen LogP contribution in [0.5, 0.6) is 0 Å². The first-order valence-corrected chi connectivity index (χ1v) is 6.74.